The van der Waals surface area contributed by atoms with Crippen molar-refractivity contribution in [1.82, 2.24) is 9.80 Å². The number of hydrogen-bond donors (Lipinski definition) is 1. The van der Waals surface area contributed by atoms with Crippen LogP contribution in [0, 0.1) is 6.92 Å². The molecule has 1 saturated heterocycles. The van der Waals surface area contributed by atoms with E-state index in [1.165, 1.54) is 0 Å². The zero-order chi connectivity index (χ0) is 21.0. The van der Waals surface area contributed by atoms with Crippen LogP contribution in [0.2, 0.25) is 0 Å². The average molecular weight is 412 g/mol. The first-order chi connectivity index (χ1) is 13.2. The number of carbonyl (C=O) groups is 3. The molecule has 9 heteroatoms. The normalized spacial score (nSPS) is 20.0. The first-order valence-corrected chi connectivity index (χ1v) is 10.3. The molecule has 28 heavy (non-hydrogen) atoms. The van der Waals surface area contributed by atoms with Gasteiger partial charge in [-0.2, -0.15) is 0 Å². The topological polar surface area (TPSA) is 88.2 Å². The van der Waals surface area contributed by atoms with Gasteiger partial charge in [0, 0.05) is 25.2 Å². The summed E-state index contributed by atoms with van der Waals surface area (Å²) in [6.45, 7) is 10.9. The van der Waals surface area contributed by atoms with Gasteiger partial charge in [-0.05, 0) is 47.2 Å². The van der Waals surface area contributed by atoms with Crippen molar-refractivity contribution >= 4 is 34.3 Å². The number of esters is 2. The van der Waals surface area contributed by atoms with E-state index in [2.05, 4.69) is 17.1 Å². The van der Waals surface area contributed by atoms with Gasteiger partial charge < -0.3 is 14.4 Å². The van der Waals surface area contributed by atoms with Gasteiger partial charge in [0.15, 0.2) is 0 Å². The zero-order valence-corrected chi connectivity index (χ0v) is 18.1. The number of anilines is 1. The fourth-order valence-electron chi connectivity index (χ4n) is 3.19. The van der Waals surface area contributed by atoms with E-state index in [0.29, 0.717) is 22.0 Å². The number of nitrogens with zero attached hydrogens (tertiary/aromatic N) is 2. The second-order valence-corrected chi connectivity index (χ2v) is 7.94. The van der Waals surface area contributed by atoms with Gasteiger partial charge in [0.2, 0.25) is 0 Å². The molecule has 8 nitrogen and oxygen atoms in total. The molecule has 0 spiro atoms. The summed E-state index contributed by atoms with van der Waals surface area (Å²) >= 11 is 1.04. The fraction of sp³-hybridized carbons (Fsp3) is 0.632. The maximum Gasteiger partial charge on any atom is 0.348 e. The predicted octanol–water partition coefficient (Wildman–Crippen LogP) is 2.97. The third-order valence-electron chi connectivity index (χ3n) is 4.87. The Morgan fingerprint density at radius 3 is 2.29 bits per heavy atom. The highest BCUT2D eigenvalue weighted by Crippen LogP contribution is 2.34. The minimum atomic E-state index is -0.568. The highest BCUT2D eigenvalue weighted by atomic mass is 32.1. The van der Waals surface area contributed by atoms with Crippen molar-refractivity contribution in [2.24, 2.45) is 0 Å². The van der Waals surface area contributed by atoms with Crippen molar-refractivity contribution in [1.29, 1.82) is 0 Å². The summed E-state index contributed by atoms with van der Waals surface area (Å²) in [6.07, 6.45) is 0. The summed E-state index contributed by atoms with van der Waals surface area (Å²) in [5, 5.41) is 3.13. The Morgan fingerprint density at radius 2 is 1.68 bits per heavy atom. The Labute approximate surface area is 169 Å². The Morgan fingerprint density at radius 1 is 1.07 bits per heavy atom. The van der Waals surface area contributed by atoms with Crippen LogP contribution in [-0.2, 0) is 9.47 Å². The molecule has 2 amide bonds. The summed E-state index contributed by atoms with van der Waals surface area (Å²) in [6, 6.07) is -0.0425. The van der Waals surface area contributed by atoms with E-state index in [9.17, 15) is 14.4 Å². The van der Waals surface area contributed by atoms with Crippen LogP contribution in [0.15, 0.2) is 0 Å². The molecule has 0 bridgehead atoms. The monoisotopic (exact) mass is 411 g/mol. The number of thiophene rings is 1. The van der Waals surface area contributed by atoms with E-state index in [4.69, 9.17) is 9.47 Å². The third kappa shape index (κ3) is 4.64. The molecular weight excluding hydrogens is 382 g/mol. The van der Waals surface area contributed by atoms with Crippen molar-refractivity contribution in [3.63, 3.8) is 0 Å². The predicted molar refractivity (Wildman–Crippen MR) is 108 cm³/mol. The molecule has 1 aliphatic heterocycles. The standard InChI is InChI=1S/C19H29N3O5S/c1-7-26-17(23)14-13(5)15(18(24)27-8-2)28-16(14)20-19(25)22-10-11(3)21(6)9-12(22)4/h11-12H,7-10H2,1-6H3,(H,20,25)/t11-,12+/m0/s1. The molecule has 0 aliphatic carbocycles. The number of carbonyl (C=O) groups excluding carboxylic acids is 3. The molecule has 0 unspecified atom stereocenters. The van der Waals surface area contributed by atoms with Crippen LogP contribution >= 0.6 is 11.3 Å². The zero-order valence-electron chi connectivity index (χ0n) is 17.3. The number of piperazine rings is 1. The molecule has 2 atom stereocenters. The summed E-state index contributed by atoms with van der Waals surface area (Å²) in [7, 11) is 2.03. The van der Waals surface area contributed by atoms with Gasteiger partial charge in [0.25, 0.3) is 0 Å². The smallest absolute Gasteiger partial charge is 0.348 e. The summed E-state index contributed by atoms with van der Waals surface area (Å²) in [5.41, 5.74) is 0.662. The minimum Gasteiger partial charge on any atom is -0.462 e. The second kappa shape index (κ2) is 9.38. The number of ether oxygens (including phenoxy) is 2. The number of urea groups is 1. The molecule has 1 fully saturated rings. The van der Waals surface area contributed by atoms with Crippen LogP contribution in [-0.4, -0.2) is 73.2 Å². The number of amides is 2. The molecule has 156 valence electrons. The Bertz CT molecular complexity index is 748. The van der Waals surface area contributed by atoms with Gasteiger partial charge in [0.05, 0.1) is 18.8 Å². The second-order valence-electron chi connectivity index (χ2n) is 6.92. The van der Waals surface area contributed by atoms with E-state index in [1.54, 1.807) is 25.7 Å². The van der Waals surface area contributed by atoms with Crippen molar-refractivity contribution in [3.8, 4) is 0 Å². The van der Waals surface area contributed by atoms with Crippen molar-refractivity contribution in [2.45, 2.75) is 46.7 Å². The Kier molecular flexibility index (Phi) is 7.42. The molecule has 2 heterocycles. The maximum atomic E-state index is 12.9. The largest absolute Gasteiger partial charge is 0.462 e. The van der Waals surface area contributed by atoms with Crippen LogP contribution in [0.3, 0.4) is 0 Å². The average Bonchev–Trinajstić information content (AvgIpc) is 2.94. The summed E-state index contributed by atoms with van der Waals surface area (Å²) < 4.78 is 10.2. The van der Waals surface area contributed by atoms with E-state index in [1.807, 2.05) is 14.0 Å². The Balaban J connectivity index is 2.32. The minimum absolute atomic E-state index is 0.0258. The summed E-state index contributed by atoms with van der Waals surface area (Å²) in [5.74, 6) is -1.08. The van der Waals surface area contributed by atoms with Gasteiger partial charge in [-0.1, -0.05) is 0 Å². The first kappa shape index (κ1) is 22.2. The molecule has 1 aromatic heterocycles. The van der Waals surface area contributed by atoms with E-state index in [-0.39, 0.29) is 36.9 Å². The first-order valence-electron chi connectivity index (χ1n) is 9.46. The highest BCUT2D eigenvalue weighted by molar-refractivity contribution is 7.18. The van der Waals surface area contributed by atoms with Crippen LogP contribution in [0.5, 0.6) is 0 Å². The molecule has 1 N–H and O–H groups in total. The number of hydrogen-bond acceptors (Lipinski definition) is 7. The Hall–Kier alpha value is -2.13. The highest BCUT2D eigenvalue weighted by Gasteiger charge is 2.32. The maximum absolute atomic E-state index is 12.9. The van der Waals surface area contributed by atoms with Gasteiger partial charge >= 0.3 is 18.0 Å². The number of nitrogens with one attached hydrogen (secondary N) is 1. The van der Waals surface area contributed by atoms with E-state index < -0.39 is 11.9 Å². The summed E-state index contributed by atoms with van der Waals surface area (Å²) in [4.78, 5) is 41.9. The molecular formula is C19H29N3O5S. The third-order valence-corrected chi connectivity index (χ3v) is 6.05. The van der Waals surface area contributed by atoms with Gasteiger partial charge in [-0.25, -0.2) is 14.4 Å². The number of likely N-dealkylation sites (N-methyl/N-ethyl adjacent to an activating group) is 1. The number of rotatable bonds is 5. The quantitative estimate of drug-likeness (QED) is 0.750. The van der Waals surface area contributed by atoms with Crippen LogP contribution < -0.4 is 5.32 Å². The van der Waals surface area contributed by atoms with Crippen molar-refractivity contribution < 1.29 is 23.9 Å². The van der Waals surface area contributed by atoms with Crippen LogP contribution in [0.1, 0.15) is 53.3 Å². The molecule has 0 saturated carbocycles. The van der Waals surface area contributed by atoms with Gasteiger partial charge in [-0.15, -0.1) is 11.3 Å². The molecule has 2 rings (SSSR count). The molecule has 0 radical (unpaired) electrons. The van der Waals surface area contributed by atoms with Gasteiger partial charge in [-0.3, -0.25) is 10.2 Å². The molecule has 0 aromatic carbocycles. The lowest BCUT2D eigenvalue weighted by Crippen LogP contribution is -2.57. The molecule has 1 aromatic rings. The fourth-order valence-corrected chi connectivity index (χ4v) is 4.27. The van der Waals surface area contributed by atoms with Crippen molar-refractivity contribution in [2.75, 3.05) is 38.7 Å². The SMILES string of the molecule is CCOC(=O)c1sc(NC(=O)N2C[C@H](C)N(C)C[C@H]2C)c(C(=O)OCC)c1C. The lowest BCUT2D eigenvalue weighted by molar-refractivity contribution is 0.0527. The van der Waals surface area contributed by atoms with Crippen molar-refractivity contribution in [3.05, 3.63) is 16.0 Å². The van der Waals surface area contributed by atoms with Gasteiger partial charge in [0.1, 0.15) is 9.88 Å². The van der Waals surface area contributed by atoms with E-state index >= 15 is 0 Å². The lowest BCUT2D eigenvalue weighted by atomic mass is 10.1. The van der Waals surface area contributed by atoms with Crippen LogP contribution in [0.25, 0.3) is 0 Å². The lowest BCUT2D eigenvalue weighted by Gasteiger charge is -2.42. The molecule has 1 aliphatic rings. The van der Waals surface area contributed by atoms with E-state index in [0.717, 1.165) is 17.9 Å². The van der Waals surface area contributed by atoms with Crippen LogP contribution in [0.4, 0.5) is 9.80 Å².